The second-order valence-corrected chi connectivity index (χ2v) is 6.20. The zero-order valence-corrected chi connectivity index (χ0v) is 15.5. The quantitative estimate of drug-likeness (QED) is 0.212. The van der Waals surface area contributed by atoms with Crippen LogP contribution in [-0.2, 0) is 4.79 Å². The van der Waals surface area contributed by atoms with E-state index in [9.17, 15) is 10.1 Å². The number of halogens is 1. The zero-order chi connectivity index (χ0) is 18.1. The molecule has 0 radical (unpaired) electrons. The summed E-state index contributed by atoms with van der Waals surface area (Å²) in [5.74, 6) is 0.462. The highest BCUT2D eigenvalue weighted by Crippen LogP contribution is 2.19. The molecule has 5 heteroatoms. The van der Waals surface area contributed by atoms with Crippen molar-refractivity contribution in [2.75, 3.05) is 6.61 Å². The number of nitrogens with zero attached hydrogens (tertiary/aromatic N) is 1. The number of benzene rings is 2. The Balaban J connectivity index is 2.04. The molecule has 0 fully saturated rings. The molecule has 128 valence electrons. The Hall–Kier alpha value is -2.58. The number of unbranched alkanes of at least 4 members (excludes halogenated alkanes) is 1. The summed E-state index contributed by atoms with van der Waals surface area (Å²) in [4.78, 5) is 12.1. The second-order valence-electron chi connectivity index (χ2n) is 5.28. The monoisotopic (exact) mass is 399 g/mol. The van der Waals surface area contributed by atoms with Crippen molar-refractivity contribution >= 4 is 28.0 Å². The summed E-state index contributed by atoms with van der Waals surface area (Å²) in [5.41, 5.74) is 0.662. The molecule has 0 aliphatic rings. The molecule has 0 aromatic heterocycles. The fraction of sp³-hybridized carbons (Fsp3) is 0.200. The highest BCUT2D eigenvalue weighted by molar-refractivity contribution is 9.10. The Labute approximate surface area is 155 Å². The molecular weight excluding hydrogens is 382 g/mol. The molecule has 2 aromatic carbocycles. The van der Waals surface area contributed by atoms with Gasteiger partial charge in [0.15, 0.2) is 0 Å². The first-order valence-electron chi connectivity index (χ1n) is 7.94. The predicted octanol–water partition coefficient (Wildman–Crippen LogP) is 5.14. The molecule has 0 spiro atoms. The van der Waals surface area contributed by atoms with Crippen molar-refractivity contribution in [1.29, 1.82) is 5.26 Å². The smallest absolute Gasteiger partial charge is 0.354 e. The van der Waals surface area contributed by atoms with Crippen LogP contribution in [0.5, 0.6) is 11.5 Å². The normalized spacial score (nSPS) is 10.8. The third-order valence-corrected chi connectivity index (χ3v) is 3.85. The minimum absolute atomic E-state index is 0.0671. The summed E-state index contributed by atoms with van der Waals surface area (Å²) in [6.45, 7) is 2.78. The van der Waals surface area contributed by atoms with E-state index in [1.807, 2.05) is 18.2 Å². The minimum Gasteiger partial charge on any atom is -0.494 e. The Kier molecular flexibility index (Phi) is 7.24. The van der Waals surface area contributed by atoms with E-state index in [1.54, 1.807) is 36.4 Å². The van der Waals surface area contributed by atoms with Crippen LogP contribution in [0, 0.1) is 11.3 Å². The molecule has 0 unspecified atom stereocenters. The summed E-state index contributed by atoms with van der Waals surface area (Å²) < 4.78 is 11.7. The van der Waals surface area contributed by atoms with Gasteiger partial charge in [-0.2, -0.15) is 5.26 Å². The molecule has 4 nitrogen and oxygen atoms in total. The highest BCUT2D eigenvalue weighted by atomic mass is 79.9. The number of rotatable bonds is 7. The first-order valence-corrected chi connectivity index (χ1v) is 8.74. The Morgan fingerprint density at radius 2 is 1.76 bits per heavy atom. The van der Waals surface area contributed by atoms with Crippen molar-refractivity contribution in [2.24, 2.45) is 0 Å². The minimum atomic E-state index is -0.687. The number of nitriles is 1. The first-order chi connectivity index (χ1) is 12.1. The van der Waals surface area contributed by atoms with Crippen LogP contribution in [0.4, 0.5) is 0 Å². The van der Waals surface area contributed by atoms with Crippen molar-refractivity contribution in [3.05, 3.63) is 64.1 Å². The fourth-order valence-electron chi connectivity index (χ4n) is 1.96. The van der Waals surface area contributed by atoms with Gasteiger partial charge in [0.2, 0.25) is 0 Å². The summed E-state index contributed by atoms with van der Waals surface area (Å²) in [7, 11) is 0. The standard InChI is InChI=1S/C20H18BrNO3/c1-2-3-12-24-18-8-4-15(5-9-18)13-16(14-22)20(23)25-19-10-6-17(21)7-11-19/h4-11,13H,2-3,12H2,1H3/b16-13+. The van der Waals surface area contributed by atoms with Crippen LogP contribution in [-0.4, -0.2) is 12.6 Å². The molecule has 0 atom stereocenters. The summed E-state index contributed by atoms with van der Waals surface area (Å²) in [5, 5.41) is 9.23. The third kappa shape index (κ3) is 6.09. The van der Waals surface area contributed by atoms with Crippen molar-refractivity contribution in [1.82, 2.24) is 0 Å². The Morgan fingerprint density at radius 1 is 1.12 bits per heavy atom. The highest BCUT2D eigenvalue weighted by Gasteiger charge is 2.12. The van der Waals surface area contributed by atoms with Gasteiger partial charge in [-0.25, -0.2) is 4.79 Å². The summed E-state index contributed by atoms with van der Waals surface area (Å²) >= 11 is 3.31. The Morgan fingerprint density at radius 3 is 2.36 bits per heavy atom. The van der Waals surface area contributed by atoms with Gasteiger partial charge >= 0.3 is 5.97 Å². The van der Waals surface area contributed by atoms with Crippen molar-refractivity contribution < 1.29 is 14.3 Å². The molecular formula is C20H18BrNO3. The first kappa shape index (κ1) is 18.8. The van der Waals surface area contributed by atoms with Crippen LogP contribution in [0.1, 0.15) is 25.3 Å². The third-order valence-electron chi connectivity index (χ3n) is 3.32. The lowest BCUT2D eigenvalue weighted by Gasteiger charge is -2.06. The van der Waals surface area contributed by atoms with Gasteiger partial charge in [-0.15, -0.1) is 0 Å². The SMILES string of the molecule is CCCCOc1ccc(/C=C(\C#N)C(=O)Oc2ccc(Br)cc2)cc1. The van der Waals surface area contributed by atoms with E-state index < -0.39 is 5.97 Å². The van der Waals surface area contributed by atoms with Gasteiger partial charge < -0.3 is 9.47 Å². The Bertz CT molecular complexity index is 774. The van der Waals surface area contributed by atoms with E-state index >= 15 is 0 Å². The van der Waals surface area contributed by atoms with Crippen LogP contribution >= 0.6 is 15.9 Å². The van der Waals surface area contributed by atoms with E-state index in [2.05, 4.69) is 22.9 Å². The largest absolute Gasteiger partial charge is 0.494 e. The number of hydrogen-bond acceptors (Lipinski definition) is 4. The molecule has 0 N–H and O–H groups in total. The number of hydrogen-bond donors (Lipinski definition) is 0. The number of esters is 1. The van der Waals surface area contributed by atoms with E-state index in [1.165, 1.54) is 6.08 Å². The average molecular weight is 400 g/mol. The maximum Gasteiger partial charge on any atom is 0.354 e. The van der Waals surface area contributed by atoms with Crippen LogP contribution in [0.25, 0.3) is 6.08 Å². The van der Waals surface area contributed by atoms with Crippen molar-refractivity contribution in [3.8, 4) is 17.6 Å². The van der Waals surface area contributed by atoms with E-state index in [0.29, 0.717) is 12.4 Å². The molecule has 2 aromatic rings. The molecule has 0 aliphatic heterocycles. The molecule has 0 saturated heterocycles. The maximum absolute atomic E-state index is 12.1. The average Bonchev–Trinajstić information content (AvgIpc) is 2.63. The second kappa shape index (κ2) is 9.65. The van der Waals surface area contributed by atoms with Gasteiger partial charge in [-0.1, -0.05) is 41.4 Å². The maximum atomic E-state index is 12.1. The van der Waals surface area contributed by atoms with Crippen LogP contribution in [0.3, 0.4) is 0 Å². The van der Waals surface area contributed by atoms with E-state index in [0.717, 1.165) is 28.6 Å². The summed E-state index contributed by atoms with van der Waals surface area (Å²) in [6, 6.07) is 15.9. The lowest BCUT2D eigenvalue weighted by atomic mass is 10.1. The van der Waals surface area contributed by atoms with Crippen LogP contribution in [0.15, 0.2) is 58.6 Å². The topological polar surface area (TPSA) is 59.3 Å². The van der Waals surface area contributed by atoms with Gasteiger partial charge in [0.05, 0.1) is 6.61 Å². The number of carbonyl (C=O) groups excluding carboxylic acids is 1. The summed E-state index contributed by atoms with van der Waals surface area (Å²) in [6.07, 6.45) is 3.58. The number of ether oxygens (including phenoxy) is 2. The van der Waals surface area contributed by atoms with Gasteiger partial charge in [-0.3, -0.25) is 0 Å². The van der Waals surface area contributed by atoms with Crippen molar-refractivity contribution in [2.45, 2.75) is 19.8 Å². The number of carbonyl (C=O) groups is 1. The predicted molar refractivity (Wildman–Crippen MR) is 100 cm³/mol. The molecule has 0 heterocycles. The van der Waals surface area contributed by atoms with E-state index in [4.69, 9.17) is 9.47 Å². The molecule has 25 heavy (non-hydrogen) atoms. The lowest BCUT2D eigenvalue weighted by Crippen LogP contribution is -2.10. The van der Waals surface area contributed by atoms with Gasteiger partial charge in [-0.05, 0) is 54.5 Å². The van der Waals surface area contributed by atoms with Crippen molar-refractivity contribution in [3.63, 3.8) is 0 Å². The van der Waals surface area contributed by atoms with Crippen LogP contribution in [0.2, 0.25) is 0 Å². The van der Waals surface area contributed by atoms with Gasteiger partial charge in [0.25, 0.3) is 0 Å². The van der Waals surface area contributed by atoms with E-state index in [-0.39, 0.29) is 5.57 Å². The van der Waals surface area contributed by atoms with Gasteiger partial charge in [0, 0.05) is 4.47 Å². The zero-order valence-electron chi connectivity index (χ0n) is 13.9. The molecule has 2 rings (SSSR count). The molecule has 0 amide bonds. The van der Waals surface area contributed by atoms with Gasteiger partial charge in [0.1, 0.15) is 23.1 Å². The van der Waals surface area contributed by atoms with Crippen LogP contribution < -0.4 is 9.47 Å². The fourth-order valence-corrected chi connectivity index (χ4v) is 2.23. The molecule has 0 aliphatic carbocycles. The lowest BCUT2D eigenvalue weighted by molar-refractivity contribution is -0.129. The molecule has 0 saturated carbocycles. The molecule has 0 bridgehead atoms.